The molecule has 5 nitrogen and oxygen atoms in total. The Morgan fingerprint density at radius 1 is 0.971 bits per heavy atom. The number of pyridine rings is 1. The molecule has 1 N–H and O–H groups in total. The zero-order chi connectivity index (χ0) is 25.2. The predicted octanol–water partition coefficient (Wildman–Crippen LogP) is 6.60. The van der Waals surface area contributed by atoms with Gasteiger partial charge < -0.3 is 5.32 Å². The first-order valence-corrected chi connectivity index (χ1v) is 13.4. The lowest BCUT2D eigenvalue weighted by atomic mass is 9.95. The van der Waals surface area contributed by atoms with Gasteiger partial charge in [-0.1, -0.05) is 42.8 Å². The van der Waals surface area contributed by atoms with Gasteiger partial charge in [0.05, 0.1) is 15.6 Å². The molecule has 0 radical (unpaired) electrons. The Morgan fingerprint density at radius 3 is 2.46 bits per heavy atom. The van der Waals surface area contributed by atoms with Crippen LogP contribution in [0.25, 0.3) is 22.4 Å². The molecule has 178 valence electrons. The molecule has 0 saturated carbocycles. The minimum atomic E-state index is -3.45. The number of hydrogen-bond acceptors (Lipinski definition) is 4. The van der Waals surface area contributed by atoms with Crippen LogP contribution in [0.1, 0.15) is 28.4 Å². The molecule has 1 aromatic heterocycles. The Morgan fingerprint density at radius 2 is 1.77 bits per heavy atom. The minimum Gasteiger partial charge on any atom is -0.322 e. The molecule has 3 aromatic carbocycles. The SMILES string of the molecule is CCc1cc(-c2cc(S(C)(=O)=O)ccc2C(=O)Nc2ccc(Cl)c(-c3ccccn3)c2)ccc1C. The summed E-state index contributed by atoms with van der Waals surface area (Å²) in [5, 5.41) is 3.45. The number of hydrogen-bond donors (Lipinski definition) is 1. The topological polar surface area (TPSA) is 76.1 Å². The van der Waals surface area contributed by atoms with E-state index < -0.39 is 9.84 Å². The second kappa shape index (κ2) is 10.0. The summed E-state index contributed by atoms with van der Waals surface area (Å²) >= 11 is 6.38. The average Bonchev–Trinajstić information content (AvgIpc) is 2.85. The molecule has 0 aliphatic heterocycles. The molecule has 0 bridgehead atoms. The zero-order valence-corrected chi connectivity index (χ0v) is 21.2. The molecule has 4 aromatic rings. The summed E-state index contributed by atoms with van der Waals surface area (Å²) < 4.78 is 24.5. The molecule has 0 fully saturated rings. The zero-order valence-electron chi connectivity index (χ0n) is 19.7. The molecule has 1 heterocycles. The third-order valence-electron chi connectivity index (χ3n) is 5.87. The predicted molar refractivity (Wildman–Crippen MR) is 142 cm³/mol. The highest BCUT2D eigenvalue weighted by molar-refractivity contribution is 7.90. The molecule has 0 unspecified atom stereocenters. The number of nitrogens with zero attached hydrogens (tertiary/aromatic N) is 1. The summed E-state index contributed by atoms with van der Waals surface area (Å²) in [6.45, 7) is 4.09. The lowest BCUT2D eigenvalue weighted by Crippen LogP contribution is -2.14. The fraction of sp³-hybridized carbons (Fsp3) is 0.143. The van der Waals surface area contributed by atoms with Crippen molar-refractivity contribution in [2.75, 3.05) is 11.6 Å². The third kappa shape index (κ3) is 5.45. The number of aromatic nitrogens is 1. The van der Waals surface area contributed by atoms with Crippen LogP contribution in [-0.4, -0.2) is 25.6 Å². The van der Waals surface area contributed by atoms with E-state index in [0.717, 1.165) is 29.4 Å². The second-order valence-electron chi connectivity index (χ2n) is 8.34. The van der Waals surface area contributed by atoms with Crippen molar-refractivity contribution in [3.8, 4) is 22.4 Å². The number of amides is 1. The average molecular weight is 505 g/mol. The van der Waals surface area contributed by atoms with Crippen LogP contribution in [0, 0.1) is 6.92 Å². The van der Waals surface area contributed by atoms with E-state index in [1.165, 1.54) is 6.07 Å². The van der Waals surface area contributed by atoms with E-state index in [1.54, 1.807) is 36.5 Å². The van der Waals surface area contributed by atoms with Gasteiger partial charge in [-0.3, -0.25) is 9.78 Å². The highest BCUT2D eigenvalue weighted by atomic mass is 35.5. The first-order valence-electron chi connectivity index (χ1n) is 11.1. The van der Waals surface area contributed by atoms with Gasteiger partial charge in [-0.2, -0.15) is 0 Å². The number of nitrogens with one attached hydrogen (secondary N) is 1. The lowest BCUT2D eigenvalue weighted by molar-refractivity contribution is 0.102. The molecule has 35 heavy (non-hydrogen) atoms. The normalized spacial score (nSPS) is 11.3. The van der Waals surface area contributed by atoms with Crippen molar-refractivity contribution >= 4 is 33.0 Å². The van der Waals surface area contributed by atoms with Gasteiger partial charge in [0, 0.05) is 29.3 Å². The first-order chi connectivity index (χ1) is 16.7. The van der Waals surface area contributed by atoms with Gasteiger partial charge >= 0.3 is 0 Å². The number of aryl methyl sites for hydroxylation is 2. The van der Waals surface area contributed by atoms with Gasteiger partial charge in [0.1, 0.15) is 0 Å². The van der Waals surface area contributed by atoms with E-state index in [4.69, 9.17) is 11.6 Å². The number of benzene rings is 3. The summed E-state index contributed by atoms with van der Waals surface area (Å²) in [7, 11) is -3.45. The van der Waals surface area contributed by atoms with Crippen LogP contribution in [0.2, 0.25) is 5.02 Å². The molecular weight excluding hydrogens is 480 g/mol. The molecule has 1 amide bonds. The highest BCUT2D eigenvalue weighted by Crippen LogP contribution is 2.32. The molecule has 4 rings (SSSR count). The Labute approximate surface area is 210 Å². The van der Waals surface area contributed by atoms with Gasteiger partial charge in [-0.05, 0) is 84.1 Å². The minimum absolute atomic E-state index is 0.159. The van der Waals surface area contributed by atoms with E-state index in [2.05, 4.69) is 17.2 Å². The van der Waals surface area contributed by atoms with Crippen LogP contribution < -0.4 is 5.32 Å². The lowest BCUT2D eigenvalue weighted by Gasteiger charge is -2.15. The number of carbonyl (C=O) groups excluding carboxylic acids is 1. The van der Waals surface area contributed by atoms with E-state index in [1.807, 2.05) is 43.3 Å². The van der Waals surface area contributed by atoms with Crippen LogP contribution in [0.4, 0.5) is 5.69 Å². The van der Waals surface area contributed by atoms with E-state index in [-0.39, 0.29) is 10.8 Å². The number of halogens is 1. The first kappa shape index (κ1) is 24.6. The van der Waals surface area contributed by atoms with Crippen molar-refractivity contribution in [3.63, 3.8) is 0 Å². The van der Waals surface area contributed by atoms with E-state index in [9.17, 15) is 13.2 Å². The molecule has 7 heteroatoms. The molecule has 0 saturated heterocycles. The van der Waals surface area contributed by atoms with Crippen molar-refractivity contribution in [1.29, 1.82) is 0 Å². The number of rotatable bonds is 6. The molecule has 0 aliphatic rings. The van der Waals surface area contributed by atoms with Gasteiger partial charge in [-0.25, -0.2) is 8.42 Å². The monoisotopic (exact) mass is 504 g/mol. The maximum atomic E-state index is 13.4. The van der Waals surface area contributed by atoms with Crippen molar-refractivity contribution < 1.29 is 13.2 Å². The standard InChI is InChI=1S/C28H25ClN2O3S/c1-4-19-15-20(9-8-18(19)2)24-17-22(35(3,33)34)11-12-23(24)28(32)31-21-10-13-26(29)25(16-21)27-7-5-6-14-30-27/h5-17H,4H2,1-3H3,(H,31,32). The van der Waals surface area contributed by atoms with Crippen molar-refractivity contribution in [1.82, 2.24) is 4.98 Å². The molecule has 0 spiro atoms. The number of anilines is 1. The summed E-state index contributed by atoms with van der Waals surface area (Å²) in [5.74, 6) is -0.354. The van der Waals surface area contributed by atoms with Gasteiger partial charge in [-0.15, -0.1) is 0 Å². The van der Waals surface area contributed by atoms with E-state index >= 15 is 0 Å². The van der Waals surface area contributed by atoms with Crippen LogP contribution >= 0.6 is 11.6 Å². The summed E-state index contributed by atoms with van der Waals surface area (Å²) in [5.41, 5.74) is 5.94. The van der Waals surface area contributed by atoms with Crippen molar-refractivity contribution in [2.24, 2.45) is 0 Å². The van der Waals surface area contributed by atoms with E-state index in [0.29, 0.717) is 33.1 Å². The Bertz CT molecular complexity index is 1520. The largest absolute Gasteiger partial charge is 0.322 e. The number of carbonyl (C=O) groups is 1. The van der Waals surface area contributed by atoms with Crippen molar-refractivity contribution in [3.05, 3.63) is 101 Å². The smallest absolute Gasteiger partial charge is 0.256 e. The Balaban J connectivity index is 1.77. The van der Waals surface area contributed by atoms with Crippen LogP contribution in [0.5, 0.6) is 0 Å². The molecule has 0 atom stereocenters. The summed E-state index contributed by atoms with van der Waals surface area (Å²) in [6, 6.07) is 21.2. The van der Waals surface area contributed by atoms with Crippen LogP contribution in [0.15, 0.2) is 83.9 Å². The van der Waals surface area contributed by atoms with Crippen molar-refractivity contribution in [2.45, 2.75) is 25.2 Å². The quantitative estimate of drug-likeness (QED) is 0.321. The maximum Gasteiger partial charge on any atom is 0.256 e. The molecule has 0 aliphatic carbocycles. The fourth-order valence-corrected chi connectivity index (χ4v) is 4.79. The Hall–Kier alpha value is -3.48. The fourth-order valence-electron chi connectivity index (χ4n) is 3.93. The summed E-state index contributed by atoms with van der Waals surface area (Å²) in [4.78, 5) is 17.9. The van der Waals surface area contributed by atoms with Gasteiger partial charge in [0.15, 0.2) is 9.84 Å². The number of sulfone groups is 1. The summed E-state index contributed by atoms with van der Waals surface area (Å²) in [6.07, 6.45) is 3.66. The highest BCUT2D eigenvalue weighted by Gasteiger charge is 2.18. The van der Waals surface area contributed by atoms with Gasteiger partial charge in [0.25, 0.3) is 5.91 Å². The van der Waals surface area contributed by atoms with Crippen LogP contribution in [0.3, 0.4) is 0 Å². The molecular formula is C28H25ClN2O3S. The van der Waals surface area contributed by atoms with Crippen LogP contribution in [-0.2, 0) is 16.3 Å². The maximum absolute atomic E-state index is 13.4. The Kier molecular flexibility index (Phi) is 7.05. The third-order valence-corrected chi connectivity index (χ3v) is 7.31. The second-order valence-corrected chi connectivity index (χ2v) is 10.8. The van der Waals surface area contributed by atoms with Gasteiger partial charge in [0.2, 0.25) is 0 Å².